The summed E-state index contributed by atoms with van der Waals surface area (Å²) in [6.45, 7) is 0.388. The van der Waals surface area contributed by atoms with Gasteiger partial charge in [0.2, 0.25) is 11.8 Å². The van der Waals surface area contributed by atoms with E-state index in [-0.39, 0.29) is 18.2 Å². The number of nitrogens with one attached hydrogen (secondary N) is 2. The number of rotatable bonds is 8. The number of nitrogens with zero attached hydrogens (tertiary/aromatic N) is 1. The third-order valence-corrected chi connectivity index (χ3v) is 6.36. The number of carbonyl (C=O) groups is 2. The Morgan fingerprint density at radius 2 is 1.97 bits per heavy atom. The second-order valence-corrected chi connectivity index (χ2v) is 8.97. The van der Waals surface area contributed by atoms with Crippen LogP contribution in [0.4, 0.5) is 24.0 Å². The molecule has 0 unspecified atom stereocenters. The van der Waals surface area contributed by atoms with Crippen LogP contribution in [0.25, 0.3) is 10.4 Å². The van der Waals surface area contributed by atoms with E-state index in [0.717, 1.165) is 33.8 Å². The van der Waals surface area contributed by atoms with Gasteiger partial charge in [-0.05, 0) is 53.3 Å². The number of halogens is 3. The van der Waals surface area contributed by atoms with Gasteiger partial charge >= 0.3 is 6.18 Å². The minimum atomic E-state index is -4.39. The highest BCUT2D eigenvalue weighted by molar-refractivity contribution is 7.18. The van der Waals surface area contributed by atoms with E-state index in [1.54, 1.807) is 6.20 Å². The number of thiazole rings is 1. The van der Waals surface area contributed by atoms with Gasteiger partial charge in [0.05, 0.1) is 16.9 Å². The van der Waals surface area contributed by atoms with Gasteiger partial charge in [0.25, 0.3) is 0 Å². The zero-order chi connectivity index (χ0) is 23.6. The minimum Gasteiger partial charge on any atom is -0.370 e. The van der Waals surface area contributed by atoms with Crippen LogP contribution in [0, 0.1) is 5.92 Å². The molecule has 10 heteroatoms. The lowest BCUT2D eigenvalue weighted by Gasteiger charge is -2.16. The molecule has 1 aromatic heterocycles. The molecule has 0 aliphatic carbocycles. The Balaban J connectivity index is 1.41. The minimum absolute atomic E-state index is 0.0256. The van der Waals surface area contributed by atoms with Gasteiger partial charge in [0.1, 0.15) is 0 Å². The highest BCUT2D eigenvalue weighted by Crippen LogP contribution is 2.34. The van der Waals surface area contributed by atoms with Crippen molar-refractivity contribution in [1.29, 1.82) is 0 Å². The summed E-state index contributed by atoms with van der Waals surface area (Å²) in [7, 11) is 0. The molecular formula is C23H21F3N4O2S. The number of aromatic nitrogens is 1. The molecule has 6 nitrogen and oxygen atoms in total. The molecule has 4 rings (SSSR count). The van der Waals surface area contributed by atoms with E-state index >= 15 is 0 Å². The van der Waals surface area contributed by atoms with Crippen LogP contribution in [-0.2, 0) is 28.6 Å². The van der Waals surface area contributed by atoms with Crippen LogP contribution >= 0.6 is 11.3 Å². The molecule has 4 N–H and O–H groups in total. The molecule has 1 aliphatic heterocycles. The third-order valence-electron chi connectivity index (χ3n) is 5.36. The largest absolute Gasteiger partial charge is 0.416 e. The fourth-order valence-electron chi connectivity index (χ4n) is 3.77. The average molecular weight is 475 g/mol. The Morgan fingerprint density at radius 1 is 1.21 bits per heavy atom. The molecule has 0 radical (unpaired) electrons. The number of hydrogen-bond donors (Lipinski definition) is 3. The van der Waals surface area contributed by atoms with E-state index in [0.29, 0.717) is 30.1 Å². The topological polar surface area (TPSA) is 97.1 Å². The van der Waals surface area contributed by atoms with Gasteiger partial charge in [-0.2, -0.15) is 13.2 Å². The number of benzene rings is 2. The van der Waals surface area contributed by atoms with Gasteiger partial charge < -0.3 is 16.4 Å². The van der Waals surface area contributed by atoms with E-state index in [2.05, 4.69) is 15.6 Å². The summed E-state index contributed by atoms with van der Waals surface area (Å²) in [6, 6.07) is 10.7. The number of primary amides is 1. The average Bonchev–Trinajstić information content (AvgIpc) is 3.36. The van der Waals surface area contributed by atoms with Gasteiger partial charge in [-0.15, -0.1) is 0 Å². The summed E-state index contributed by atoms with van der Waals surface area (Å²) >= 11 is 1.44. The van der Waals surface area contributed by atoms with Crippen LogP contribution in [0.3, 0.4) is 0 Å². The lowest BCUT2D eigenvalue weighted by molar-refractivity contribution is -0.137. The van der Waals surface area contributed by atoms with Gasteiger partial charge in [0, 0.05) is 24.8 Å². The summed E-state index contributed by atoms with van der Waals surface area (Å²) < 4.78 is 38.3. The van der Waals surface area contributed by atoms with Gasteiger partial charge in [-0.1, -0.05) is 29.5 Å². The lowest BCUT2D eigenvalue weighted by Crippen LogP contribution is -2.24. The lowest BCUT2D eigenvalue weighted by atomic mass is 9.95. The molecule has 172 valence electrons. The number of anilines is 2. The normalized spacial score (nSPS) is 14.0. The quantitative estimate of drug-likeness (QED) is 0.449. The number of nitrogens with two attached hydrogens (primary N) is 1. The molecule has 33 heavy (non-hydrogen) atoms. The van der Waals surface area contributed by atoms with Crippen molar-refractivity contribution in [2.24, 2.45) is 11.7 Å². The number of hydrogen-bond acceptors (Lipinski definition) is 5. The summed E-state index contributed by atoms with van der Waals surface area (Å²) in [5, 5.41) is 6.67. The molecule has 0 saturated carbocycles. The number of amides is 2. The summed E-state index contributed by atoms with van der Waals surface area (Å²) in [5.41, 5.74) is 8.07. The Hall–Kier alpha value is -3.40. The first-order chi connectivity index (χ1) is 15.7. The molecule has 0 fully saturated rings. The monoisotopic (exact) mass is 474 g/mol. The second kappa shape index (κ2) is 9.22. The van der Waals surface area contributed by atoms with E-state index in [1.807, 2.05) is 18.2 Å². The molecule has 3 aromatic rings. The van der Waals surface area contributed by atoms with Crippen LogP contribution in [0.1, 0.15) is 23.1 Å². The molecule has 2 aromatic carbocycles. The Bertz CT molecular complexity index is 1180. The number of fused-ring (bicyclic) bond motifs is 1. The Kier molecular flexibility index (Phi) is 6.37. The van der Waals surface area contributed by atoms with E-state index in [9.17, 15) is 22.8 Å². The first kappa shape index (κ1) is 22.8. The van der Waals surface area contributed by atoms with Crippen molar-refractivity contribution in [3.63, 3.8) is 0 Å². The van der Waals surface area contributed by atoms with Crippen molar-refractivity contribution in [1.82, 2.24) is 4.98 Å². The first-order valence-corrected chi connectivity index (χ1v) is 11.1. The molecule has 2 amide bonds. The predicted octanol–water partition coefficient (Wildman–Crippen LogP) is 4.47. The molecule has 1 aliphatic rings. The van der Waals surface area contributed by atoms with Crippen LogP contribution in [0.2, 0.25) is 0 Å². The molecular weight excluding hydrogens is 453 g/mol. The van der Waals surface area contributed by atoms with Crippen molar-refractivity contribution in [2.45, 2.75) is 25.4 Å². The van der Waals surface area contributed by atoms with E-state index < -0.39 is 17.6 Å². The van der Waals surface area contributed by atoms with Gasteiger partial charge in [-0.25, -0.2) is 4.98 Å². The van der Waals surface area contributed by atoms with E-state index in [1.165, 1.54) is 23.5 Å². The summed E-state index contributed by atoms with van der Waals surface area (Å²) in [5.74, 6) is -0.708. The Morgan fingerprint density at radius 3 is 2.67 bits per heavy atom. The van der Waals surface area contributed by atoms with Crippen molar-refractivity contribution >= 4 is 34.0 Å². The van der Waals surface area contributed by atoms with Gasteiger partial charge in [0.15, 0.2) is 5.13 Å². The smallest absolute Gasteiger partial charge is 0.370 e. The maximum atomic E-state index is 12.8. The molecule has 0 spiro atoms. The van der Waals surface area contributed by atoms with Crippen molar-refractivity contribution in [3.8, 4) is 10.4 Å². The van der Waals surface area contributed by atoms with Crippen molar-refractivity contribution in [2.75, 3.05) is 17.2 Å². The van der Waals surface area contributed by atoms with Crippen molar-refractivity contribution in [3.05, 3.63) is 65.4 Å². The standard InChI is InChI=1S/C23H21F3N4O2S/c24-23(25,26)17-4-1-13(2-5-17)7-14(8-20(27)31)11-28-22-29-12-19(33-22)15-3-6-18-16(9-15)10-21(32)30-18/h1-6,9,12,14H,7-8,10-11H2,(H2,27,31)(H,28,29)(H,30,32)/t14-/m0/s1. The van der Waals surface area contributed by atoms with Crippen molar-refractivity contribution < 1.29 is 22.8 Å². The van der Waals surface area contributed by atoms with Crippen LogP contribution in [0.15, 0.2) is 48.7 Å². The zero-order valence-corrected chi connectivity index (χ0v) is 18.2. The highest BCUT2D eigenvalue weighted by Gasteiger charge is 2.30. The maximum absolute atomic E-state index is 12.8. The zero-order valence-electron chi connectivity index (χ0n) is 17.4. The molecule has 0 saturated heterocycles. The summed E-state index contributed by atoms with van der Waals surface area (Å²) in [4.78, 5) is 28.4. The van der Waals surface area contributed by atoms with Gasteiger partial charge in [-0.3, -0.25) is 9.59 Å². The SMILES string of the molecule is NC(=O)C[C@@H](CNc1ncc(-c2ccc3c(c2)CC(=O)N3)s1)Cc1ccc(C(F)(F)F)cc1. The highest BCUT2D eigenvalue weighted by atomic mass is 32.1. The summed E-state index contributed by atoms with van der Waals surface area (Å²) in [6.07, 6.45) is -1.81. The van der Waals surface area contributed by atoms with Crippen LogP contribution < -0.4 is 16.4 Å². The third kappa shape index (κ3) is 5.70. The maximum Gasteiger partial charge on any atom is 0.416 e. The first-order valence-electron chi connectivity index (χ1n) is 10.2. The number of carbonyl (C=O) groups excluding carboxylic acids is 2. The van der Waals surface area contributed by atoms with Crippen LogP contribution in [-0.4, -0.2) is 23.3 Å². The predicted molar refractivity (Wildman–Crippen MR) is 121 cm³/mol. The number of alkyl halides is 3. The molecule has 1 atom stereocenters. The molecule has 2 heterocycles. The fraction of sp³-hybridized carbons (Fsp3) is 0.261. The van der Waals surface area contributed by atoms with E-state index in [4.69, 9.17) is 5.73 Å². The Labute approximate surface area is 192 Å². The second-order valence-electron chi connectivity index (χ2n) is 7.94. The van der Waals surface area contributed by atoms with Crippen LogP contribution in [0.5, 0.6) is 0 Å². The fourth-order valence-corrected chi connectivity index (χ4v) is 4.59. The molecule has 0 bridgehead atoms.